The largest absolute Gasteiger partial charge is 0.390 e. The van der Waals surface area contributed by atoms with Gasteiger partial charge in [0.25, 0.3) is 5.91 Å². The van der Waals surface area contributed by atoms with Crippen molar-refractivity contribution < 1.29 is 31.5 Å². The number of hydrogen-bond acceptors (Lipinski definition) is 4. The zero-order valence-electron chi connectivity index (χ0n) is 14.8. The van der Waals surface area contributed by atoms with E-state index >= 15 is 0 Å². The van der Waals surface area contributed by atoms with Crippen molar-refractivity contribution in [1.29, 1.82) is 0 Å². The van der Waals surface area contributed by atoms with Crippen LogP contribution in [0.5, 0.6) is 0 Å². The van der Waals surface area contributed by atoms with E-state index in [1.807, 2.05) is 0 Å². The van der Waals surface area contributed by atoms with Gasteiger partial charge in [0.2, 0.25) is 10.0 Å². The number of carbonyl (C=O) groups excluding carboxylic acids is 1. The van der Waals surface area contributed by atoms with E-state index in [1.54, 1.807) is 12.2 Å². The molecule has 1 aliphatic carbocycles. The Morgan fingerprint density at radius 1 is 1.10 bits per heavy atom. The molecule has 10 heteroatoms. The summed E-state index contributed by atoms with van der Waals surface area (Å²) in [5.41, 5.74) is 0.796. The van der Waals surface area contributed by atoms with Crippen molar-refractivity contribution in [3.05, 3.63) is 64.5 Å². The molecule has 1 aliphatic heterocycles. The Bertz CT molecular complexity index is 1140. The minimum absolute atomic E-state index is 0.000961. The number of aliphatic hydroxyl groups excluding tert-OH is 1. The number of allylic oxidation sites excluding steroid dienone is 1. The van der Waals surface area contributed by atoms with Gasteiger partial charge in [-0.05, 0) is 29.7 Å². The van der Waals surface area contributed by atoms with E-state index in [1.165, 1.54) is 12.1 Å². The first-order valence-corrected chi connectivity index (χ1v) is 10.1. The molecule has 1 fully saturated rings. The molecule has 2 N–H and O–H groups in total. The van der Waals surface area contributed by atoms with Crippen LogP contribution < -0.4 is 5.32 Å². The topological polar surface area (TPSA) is 86.7 Å². The van der Waals surface area contributed by atoms with Gasteiger partial charge in [0.05, 0.1) is 11.0 Å². The van der Waals surface area contributed by atoms with Crippen molar-refractivity contribution in [2.45, 2.75) is 17.4 Å². The summed E-state index contributed by atoms with van der Waals surface area (Å²) in [5.74, 6) is -5.37. The molecule has 0 bridgehead atoms. The van der Waals surface area contributed by atoms with E-state index in [-0.39, 0.29) is 29.2 Å². The van der Waals surface area contributed by atoms with Crippen LogP contribution in [0.25, 0.3) is 6.08 Å². The highest BCUT2D eigenvalue weighted by Crippen LogP contribution is 2.31. The second-order valence-electron chi connectivity index (χ2n) is 6.83. The molecule has 29 heavy (non-hydrogen) atoms. The molecule has 0 spiro atoms. The number of amides is 1. The molecule has 6 nitrogen and oxygen atoms in total. The maximum Gasteiger partial charge on any atom is 0.256 e. The average Bonchev–Trinajstić information content (AvgIpc) is 3.11. The van der Waals surface area contributed by atoms with E-state index in [4.69, 9.17) is 0 Å². The van der Waals surface area contributed by atoms with Crippen molar-refractivity contribution in [1.82, 2.24) is 4.31 Å². The molecule has 1 amide bonds. The normalized spacial score (nSPS) is 16.6. The molecule has 0 radical (unpaired) electrons. The quantitative estimate of drug-likeness (QED) is 0.738. The van der Waals surface area contributed by atoms with E-state index in [2.05, 4.69) is 5.32 Å². The van der Waals surface area contributed by atoms with Crippen LogP contribution in [0, 0.1) is 17.5 Å². The number of hydrogen-bond donors (Lipinski definition) is 2. The Morgan fingerprint density at radius 3 is 2.38 bits per heavy atom. The van der Waals surface area contributed by atoms with Crippen LogP contribution >= 0.6 is 0 Å². The Hall–Kier alpha value is -2.69. The SMILES string of the molecule is O=C(Nc1cc(F)c(F)c(F)c1)c1cc(S(=O)(=O)N2CC(O)C2)cc2c1C=CC2. The monoisotopic (exact) mass is 424 g/mol. The van der Waals surface area contributed by atoms with Crippen molar-refractivity contribution in [2.75, 3.05) is 18.4 Å². The Balaban J connectivity index is 1.71. The standard InChI is InChI=1S/C19H15F3N2O4S/c20-16-5-11(6-17(21)18(16)22)23-19(26)15-7-13(4-10-2-1-3-14(10)15)29(27,28)24-8-12(25)9-24/h1,3-7,12,25H,2,8-9H2,(H,23,26). The van der Waals surface area contributed by atoms with Gasteiger partial charge < -0.3 is 10.4 Å². The second-order valence-corrected chi connectivity index (χ2v) is 8.77. The Morgan fingerprint density at radius 2 is 1.76 bits per heavy atom. The highest BCUT2D eigenvalue weighted by atomic mass is 32.2. The van der Waals surface area contributed by atoms with Crippen LogP contribution in [0.2, 0.25) is 0 Å². The first-order chi connectivity index (χ1) is 13.7. The third-order valence-corrected chi connectivity index (χ3v) is 6.62. The number of sulfonamides is 1. The zero-order chi connectivity index (χ0) is 20.9. The number of β-amino-alcohol motifs (C(OH)–C–C–N with tert-alkyl or cyclic N) is 1. The summed E-state index contributed by atoms with van der Waals surface area (Å²) in [6.45, 7) is -0.0688. The van der Waals surface area contributed by atoms with E-state index in [0.717, 1.165) is 4.31 Å². The summed E-state index contributed by atoms with van der Waals surface area (Å²) in [6.07, 6.45) is 3.09. The molecule has 0 aromatic heterocycles. The molecule has 2 aliphatic rings. The Kier molecular flexibility index (Phi) is 4.72. The first-order valence-electron chi connectivity index (χ1n) is 8.64. The molecule has 2 aromatic carbocycles. The van der Waals surface area contributed by atoms with E-state index in [9.17, 15) is 31.5 Å². The van der Waals surface area contributed by atoms with Gasteiger partial charge in [-0.2, -0.15) is 4.31 Å². The lowest BCUT2D eigenvalue weighted by atomic mass is 10.0. The smallest absolute Gasteiger partial charge is 0.256 e. The van der Waals surface area contributed by atoms with Crippen molar-refractivity contribution >= 4 is 27.7 Å². The van der Waals surface area contributed by atoms with Gasteiger partial charge >= 0.3 is 0 Å². The van der Waals surface area contributed by atoms with Gasteiger partial charge in [-0.15, -0.1) is 0 Å². The molecule has 1 heterocycles. The zero-order valence-corrected chi connectivity index (χ0v) is 15.6. The summed E-state index contributed by atoms with van der Waals surface area (Å²) >= 11 is 0. The third kappa shape index (κ3) is 3.43. The van der Waals surface area contributed by atoms with Crippen LogP contribution in [-0.4, -0.2) is 42.9 Å². The Labute approximate surface area is 164 Å². The lowest BCUT2D eigenvalue weighted by Gasteiger charge is -2.34. The lowest BCUT2D eigenvalue weighted by molar-refractivity contribution is 0.0547. The van der Waals surface area contributed by atoms with Crippen molar-refractivity contribution in [2.24, 2.45) is 0 Å². The molecule has 152 valence electrons. The van der Waals surface area contributed by atoms with Gasteiger partial charge in [-0.1, -0.05) is 12.2 Å². The van der Waals surface area contributed by atoms with Crippen LogP contribution in [0.15, 0.2) is 35.2 Å². The molecular weight excluding hydrogens is 409 g/mol. The number of carbonyl (C=O) groups is 1. The lowest BCUT2D eigenvalue weighted by Crippen LogP contribution is -2.53. The van der Waals surface area contributed by atoms with Crippen LogP contribution in [0.4, 0.5) is 18.9 Å². The first kappa shape index (κ1) is 19.6. The van der Waals surface area contributed by atoms with Crippen LogP contribution in [0.3, 0.4) is 0 Å². The number of nitrogens with one attached hydrogen (secondary N) is 1. The van der Waals surface area contributed by atoms with Gasteiger partial charge in [-0.25, -0.2) is 21.6 Å². The van der Waals surface area contributed by atoms with E-state index in [0.29, 0.717) is 29.7 Å². The molecule has 1 saturated heterocycles. The molecule has 2 aromatic rings. The average molecular weight is 424 g/mol. The van der Waals surface area contributed by atoms with Crippen molar-refractivity contribution in [3.8, 4) is 0 Å². The summed E-state index contributed by atoms with van der Waals surface area (Å²) in [6, 6.07) is 3.91. The fourth-order valence-corrected chi connectivity index (χ4v) is 4.87. The fraction of sp³-hybridized carbons (Fsp3) is 0.211. The van der Waals surface area contributed by atoms with Gasteiger partial charge in [0.1, 0.15) is 0 Å². The predicted octanol–water partition coefficient (Wildman–Crippen LogP) is 2.29. The number of aliphatic hydroxyl groups is 1. The molecule has 0 saturated carbocycles. The fourth-order valence-electron chi connectivity index (χ4n) is 3.28. The summed E-state index contributed by atoms with van der Waals surface area (Å²) in [5, 5.41) is 11.7. The number of rotatable bonds is 4. The molecule has 4 rings (SSSR count). The van der Waals surface area contributed by atoms with Crippen LogP contribution in [-0.2, 0) is 16.4 Å². The highest BCUT2D eigenvalue weighted by molar-refractivity contribution is 7.89. The third-order valence-electron chi connectivity index (χ3n) is 4.81. The molecular formula is C19H15F3N2O4S. The molecule has 0 unspecified atom stereocenters. The summed E-state index contributed by atoms with van der Waals surface area (Å²) in [7, 11) is -3.91. The molecule has 0 atom stereocenters. The maximum atomic E-state index is 13.4. The van der Waals surface area contributed by atoms with Crippen molar-refractivity contribution in [3.63, 3.8) is 0 Å². The minimum Gasteiger partial charge on any atom is -0.390 e. The number of fused-ring (bicyclic) bond motifs is 1. The van der Waals surface area contributed by atoms with Crippen LogP contribution in [0.1, 0.15) is 21.5 Å². The summed E-state index contributed by atoms with van der Waals surface area (Å²) in [4.78, 5) is 12.6. The number of benzene rings is 2. The second kappa shape index (κ2) is 6.97. The predicted molar refractivity (Wildman–Crippen MR) is 98.2 cm³/mol. The number of nitrogens with zero attached hydrogens (tertiary/aromatic N) is 1. The van der Waals surface area contributed by atoms with E-state index < -0.39 is 39.5 Å². The van der Waals surface area contributed by atoms with Gasteiger partial charge in [-0.3, -0.25) is 4.79 Å². The minimum atomic E-state index is -3.91. The highest BCUT2D eigenvalue weighted by Gasteiger charge is 2.36. The summed E-state index contributed by atoms with van der Waals surface area (Å²) < 4.78 is 66.5. The number of anilines is 1. The maximum absolute atomic E-state index is 13.4. The van der Waals surface area contributed by atoms with Gasteiger partial charge in [0.15, 0.2) is 17.5 Å². The number of halogens is 3. The van der Waals surface area contributed by atoms with Gasteiger partial charge in [0, 0.05) is 36.5 Å².